The second-order valence-electron chi connectivity index (χ2n) is 4.71. The molecule has 0 bridgehead atoms. The number of thioether (sulfide) groups is 1. The van der Waals surface area contributed by atoms with E-state index in [1.807, 2.05) is 12.3 Å². The molecule has 1 aliphatic heterocycles. The average Bonchev–Trinajstić information content (AvgIpc) is 2.89. The minimum absolute atomic E-state index is 0.611. The van der Waals surface area contributed by atoms with Crippen LogP contribution in [0.15, 0.2) is 24.4 Å². The molecule has 3 heteroatoms. The van der Waals surface area contributed by atoms with Gasteiger partial charge in [0.05, 0.1) is 0 Å². The van der Waals surface area contributed by atoms with E-state index in [1.54, 1.807) is 0 Å². The van der Waals surface area contributed by atoms with Gasteiger partial charge in [0.1, 0.15) is 0 Å². The van der Waals surface area contributed by atoms with Gasteiger partial charge in [-0.15, -0.1) is 0 Å². The third kappa shape index (κ3) is 4.00. The molecule has 0 aliphatic carbocycles. The van der Waals surface area contributed by atoms with Crippen LogP contribution in [0.1, 0.15) is 25.5 Å². The number of nitrogens with zero attached hydrogens (tertiary/aromatic N) is 1. The van der Waals surface area contributed by atoms with Crippen LogP contribution in [0.25, 0.3) is 0 Å². The van der Waals surface area contributed by atoms with Crippen molar-refractivity contribution in [2.45, 2.75) is 32.2 Å². The first-order valence-corrected chi connectivity index (χ1v) is 7.76. The average molecular weight is 250 g/mol. The second kappa shape index (κ2) is 7.02. The summed E-state index contributed by atoms with van der Waals surface area (Å²) in [6.45, 7) is 3.35. The van der Waals surface area contributed by atoms with Gasteiger partial charge in [0.2, 0.25) is 0 Å². The van der Waals surface area contributed by atoms with Gasteiger partial charge >= 0.3 is 0 Å². The Bertz CT molecular complexity index is 309. The summed E-state index contributed by atoms with van der Waals surface area (Å²) in [5.74, 6) is 3.47. The molecular weight excluding hydrogens is 228 g/mol. The fourth-order valence-corrected chi connectivity index (χ4v) is 3.69. The van der Waals surface area contributed by atoms with Crippen LogP contribution >= 0.6 is 11.8 Å². The number of hydrogen-bond donors (Lipinski definition) is 1. The van der Waals surface area contributed by atoms with Gasteiger partial charge in [-0.2, -0.15) is 11.8 Å². The quantitative estimate of drug-likeness (QED) is 0.840. The zero-order chi connectivity index (χ0) is 11.9. The van der Waals surface area contributed by atoms with E-state index in [2.05, 4.69) is 41.1 Å². The summed E-state index contributed by atoms with van der Waals surface area (Å²) in [7, 11) is 0. The molecule has 0 spiro atoms. The molecule has 2 nitrogen and oxygen atoms in total. The molecule has 94 valence electrons. The normalized spacial score (nSPS) is 21.6. The number of nitrogens with one attached hydrogen (secondary N) is 1. The van der Waals surface area contributed by atoms with E-state index < -0.39 is 0 Å². The summed E-state index contributed by atoms with van der Waals surface area (Å²) >= 11 is 2.09. The van der Waals surface area contributed by atoms with Crippen LogP contribution in [0.5, 0.6) is 0 Å². The molecule has 17 heavy (non-hydrogen) atoms. The second-order valence-corrected chi connectivity index (χ2v) is 5.86. The van der Waals surface area contributed by atoms with Gasteiger partial charge in [0.15, 0.2) is 0 Å². The predicted octanol–water partition coefficient (Wildman–Crippen LogP) is 2.75. The molecule has 0 amide bonds. The number of pyridine rings is 1. The van der Waals surface area contributed by atoms with Gasteiger partial charge in [-0.3, -0.25) is 4.98 Å². The Labute approximate surface area is 109 Å². The summed E-state index contributed by atoms with van der Waals surface area (Å²) in [5, 5.41) is 3.71. The smallest absolute Gasteiger partial charge is 0.0419 e. The Morgan fingerprint density at radius 1 is 1.53 bits per heavy atom. The van der Waals surface area contributed by atoms with Gasteiger partial charge in [-0.25, -0.2) is 0 Å². The van der Waals surface area contributed by atoms with E-state index in [1.165, 1.54) is 30.0 Å². The number of hydrogen-bond acceptors (Lipinski definition) is 3. The summed E-state index contributed by atoms with van der Waals surface area (Å²) < 4.78 is 0. The molecule has 1 aromatic rings. The maximum absolute atomic E-state index is 4.45. The van der Waals surface area contributed by atoms with E-state index in [9.17, 15) is 0 Å². The van der Waals surface area contributed by atoms with Crippen LogP contribution in [0.3, 0.4) is 0 Å². The summed E-state index contributed by atoms with van der Waals surface area (Å²) in [6, 6.07) is 6.83. The van der Waals surface area contributed by atoms with Crippen molar-refractivity contribution in [3.63, 3.8) is 0 Å². The zero-order valence-corrected chi connectivity index (χ0v) is 11.4. The summed E-state index contributed by atoms with van der Waals surface area (Å²) in [5.41, 5.74) is 1.22. The topological polar surface area (TPSA) is 24.9 Å². The van der Waals surface area contributed by atoms with Crippen molar-refractivity contribution in [3.05, 3.63) is 30.1 Å². The van der Waals surface area contributed by atoms with E-state index in [0.717, 1.165) is 18.9 Å². The fourth-order valence-electron chi connectivity index (χ4n) is 2.35. The van der Waals surface area contributed by atoms with Crippen LogP contribution < -0.4 is 5.32 Å². The van der Waals surface area contributed by atoms with Gasteiger partial charge < -0.3 is 5.32 Å². The largest absolute Gasteiger partial charge is 0.313 e. The highest BCUT2D eigenvalue weighted by Crippen LogP contribution is 2.27. The van der Waals surface area contributed by atoms with E-state index in [4.69, 9.17) is 0 Å². The Kier molecular flexibility index (Phi) is 5.33. The first kappa shape index (κ1) is 12.9. The van der Waals surface area contributed by atoms with E-state index in [0.29, 0.717) is 6.04 Å². The standard InChI is InChI=1S/C14H22N2S/c1-2-7-16-14(12-6-9-17-11-12)10-13-5-3-4-8-15-13/h3-5,8,12,14,16H,2,6-7,9-11H2,1H3. The third-order valence-corrected chi connectivity index (χ3v) is 4.53. The summed E-state index contributed by atoms with van der Waals surface area (Å²) in [6.07, 6.45) is 5.54. The van der Waals surface area contributed by atoms with Crippen molar-refractivity contribution in [2.24, 2.45) is 5.92 Å². The van der Waals surface area contributed by atoms with Gasteiger partial charge in [-0.1, -0.05) is 13.0 Å². The number of rotatable bonds is 6. The third-order valence-electron chi connectivity index (χ3n) is 3.35. The molecule has 1 aliphatic rings. The van der Waals surface area contributed by atoms with E-state index in [-0.39, 0.29) is 0 Å². The molecule has 1 N–H and O–H groups in total. The molecule has 1 aromatic heterocycles. The van der Waals surface area contributed by atoms with Crippen molar-refractivity contribution in [1.29, 1.82) is 0 Å². The van der Waals surface area contributed by atoms with Crippen LogP contribution in [0.4, 0.5) is 0 Å². The highest BCUT2D eigenvalue weighted by Gasteiger charge is 2.25. The Morgan fingerprint density at radius 2 is 2.47 bits per heavy atom. The minimum atomic E-state index is 0.611. The predicted molar refractivity (Wildman–Crippen MR) is 75.5 cm³/mol. The summed E-state index contributed by atoms with van der Waals surface area (Å²) in [4.78, 5) is 4.45. The maximum atomic E-state index is 4.45. The highest BCUT2D eigenvalue weighted by molar-refractivity contribution is 7.99. The van der Waals surface area contributed by atoms with Crippen molar-refractivity contribution >= 4 is 11.8 Å². The van der Waals surface area contributed by atoms with Crippen molar-refractivity contribution in [2.75, 3.05) is 18.1 Å². The molecule has 2 atom stereocenters. The lowest BCUT2D eigenvalue weighted by molar-refractivity contribution is 0.377. The zero-order valence-electron chi connectivity index (χ0n) is 10.6. The van der Waals surface area contributed by atoms with Gasteiger partial charge in [-0.05, 0) is 48.9 Å². The SMILES string of the molecule is CCCNC(Cc1ccccn1)C1CCSC1. The van der Waals surface area contributed by atoms with Crippen molar-refractivity contribution < 1.29 is 0 Å². The highest BCUT2D eigenvalue weighted by atomic mass is 32.2. The molecule has 1 fully saturated rings. The first-order chi connectivity index (χ1) is 8.40. The molecule has 2 heterocycles. The lowest BCUT2D eigenvalue weighted by atomic mass is 9.94. The van der Waals surface area contributed by atoms with Crippen LogP contribution in [-0.2, 0) is 6.42 Å². The Balaban J connectivity index is 1.94. The molecular formula is C14H22N2S. The van der Waals surface area contributed by atoms with Gasteiger partial charge in [0.25, 0.3) is 0 Å². The molecule has 0 aromatic carbocycles. The van der Waals surface area contributed by atoms with Crippen molar-refractivity contribution in [3.8, 4) is 0 Å². The van der Waals surface area contributed by atoms with Gasteiger partial charge in [0, 0.05) is 24.4 Å². The monoisotopic (exact) mass is 250 g/mol. The van der Waals surface area contributed by atoms with Crippen LogP contribution in [-0.4, -0.2) is 29.1 Å². The van der Waals surface area contributed by atoms with Crippen LogP contribution in [0.2, 0.25) is 0 Å². The molecule has 0 radical (unpaired) electrons. The first-order valence-electron chi connectivity index (χ1n) is 6.61. The van der Waals surface area contributed by atoms with Crippen molar-refractivity contribution in [1.82, 2.24) is 10.3 Å². The Hall–Kier alpha value is -0.540. The molecule has 1 saturated heterocycles. The molecule has 2 rings (SSSR count). The Morgan fingerprint density at radius 3 is 3.12 bits per heavy atom. The molecule has 2 unspecified atom stereocenters. The number of aromatic nitrogens is 1. The van der Waals surface area contributed by atoms with E-state index >= 15 is 0 Å². The fraction of sp³-hybridized carbons (Fsp3) is 0.643. The lowest BCUT2D eigenvalue weighted by Crippen LogP contribution is -2.38. The lowest BCUT2D eigenvalue weighted by Gasteiger charge is -2.24. The minimum Gasteiger partial charge on any atom is -0.313 e. The maximum Gasteiger partial charge on any atom is 0.0419 e. The van der Waals surface area contributed by atoms with Crippen LogP contribution in [0, 0.1) is 5.92 Å². The molecule has 0 saturated carbocycles.